The van der Waals surface area contributed by atoms with Crippen LogP contribution in [0.4, 0.5) is 0 Å². The van der Waals surface area contributed by atoms with Crippen molar-refractivity contribution in [3.05, 3.63) is 59.7 Å². The molecule has 0 bridgehead atoms. The maximum absolute atomic E-state index is 5.16. The van der Waals surface area contributed by atoms with Crippen molar-refractivity contribution in [2.45, 2.75) is 10.6 Å². The first kappa shape index (κ1) is 14.1. The molecule has 21 heavy (non-hydrogen) atoms. The van der Waals surface area contributed by atoms with Crippen molar-refractivity contribution in [3.63, 3.8) is 0 Å². The van der Waals surface area contributed by atoms with Gasteiger partial charge in [-0.15, -0.1) is 23.1 Å². The first-order chi connectivity index (χ1) is 10.3. The van der Waals surface area contributed by atoms with Crippen molar-refractivity contribution in [1.29, 1.82) is 0 Å². The summed E-state index contributed by atoms with van der Waals surface area (Å²) >= 11 is 3.41. The minimum atomic E-state index is 0.857. The highest BCUT2D eigenvalue weighted by Gasteiger charge is 2.06. The first-order valence-electron chi connectivity index (χ1n) is 6.48. The lowest BCUT2D eigenvalue weighted by Crippen LogP contribution is -1.84. The van der Waals surface area contributed by atoms with Gasteiger partial charge in [-0.2, -0.15) is 0 Å². The maximum Gasteiger partial charge on any atom is 0.142 e. The van der Waals surface area contributed by atoms with E-state index in [4.69, 9.17) is 4.74 Å². The Bertz CT molecular complexity index is 696. The zero-order valence-electron chi connectivity index (χ0n) is 11.5. The fourth-order valence-corrected chi connectivity index (χ4v) is 3.50. The molecular weight excluding hydrogens is 300 g/mol. The van der Waals surface area contributed by atoms with E-state index in [2.05, 4.69) is 27.5 Å². The SMILES string of the molecule is COc1ccc(SCc2csc(-c3ccccn3)n2)cc1. The van der Waals surface area contributed by atoms with Crippen LogP contribution in [0.15, 0.2) is 58.9 Å². The minimum Gasteiger partial charge on any atom is -0.497 e. The predicted octanol–water partition coefficient (Wildman–Crippen LogP) is 4.51. The molecule has 0 N–H and O–H groups in total. The average molecular weight is 314 g/mol. The van der Waals surface area contributed by atoms with Crippen molar-refractivity contribution in [2.24, 2.45) is 0 Å². The van der Waals surface area contributed by atoms with Crippen LogP contribution in [0.1, 0.15) is 5.69 Å². The van der Waals surface area contributed by atoms with Gasteiger partial charge in [-0.25, -0.2) is 4.98 Å². The summed E-state index contributed by atoms with van der Waals surface area (Å²) in [5.74, 6) is 1.74. The van der Waals surface area contributed by atoms with Crippen LogP contribution in [0.2, 0.25) is 0 Å². The predicted molar refractivity (Wildman–Crippen MR) is 87.9 cm³/mol. The zero-order valence-corrected chi connectivity index (χ0v) is 13.2. The number of thioether (sulfide) groups is 1. The summed E-state index contributed by atoms with van der Waals surface area (Å²) in [4.78, 5) is 10.2. The van der Waals surface area contributed by atoms with Crippen LogP contribution in [-0.4, -0.2) is 17.1 Å². The second-order valence-corrected chi connectivity index (χ2v) is 6.23. The van der Waals surface area contributed by atoms with Gasteiger partial charge in [0.15, 0.2) is 0 Å². The fraction of sp³-hybridized carbons (Fsp3) is 0.125. The number of hydrogen-bond donors (Lipinski definition) is 0. The second-order valence-electron chi connectivity index (χ2n) is 4.32. The molecular formula is C16H14N2OS2. The molecule has 2 aromatic heterocycles. The van der Waals surface area contributed by atoms with Gasteiger partial charge < -0.3 is 4.74 Å². The molecule has 0 aliphatic carbocycles. The molecule has 0 fully saturated rings. The monoisotopic (exact) mass is 314 g/mol. The van der Waals surface area contributed by atoms with Gasteiger partial charge in [-0.05, 0) is 36.4 Å². The van der Waals surface area contributed by atoms with Crippen molar-refractivity contribution in [3.8, 4) is 16.5 Å². The number of hydrogen-bond acceptors (Lipinski definition) is 5. The van der Waals surface area contributed by atoms with E-state index >= 15 is 0 Å². The zero-order chi connectivity index (χ0) is 14.5. The van der Waals surface area contributed by atoms with Gasteiger partial charge in [0, 0.05) is 22.2 Å². The van der Waals surface area contributed by atoms with Crippen LogP contribution >= 0.6 is 23.1 Å². The Labute approximate surface area is 132 Å². The van der Waals surface area contributed by atoms with Crippen LogP contribution in [-0.2, 0) is 5.75 Å². The van der Waals surface area contributed by atoms with Crippen LogP contribution in [0.5, 0.6) is 5.75 Å². The van der Waals surface area contributed by atoms with Gasteiger partial charge in [0.1, 0.15) is 10.8 Å². The van der Waals surface area contributed by atoms with Gasteiger partial charge in [0.05, 0.1) is 18.5 Å². The third-order valence-corrected chi connectivity index (χ3v) is 4.84. The maximum atomic E-state index is 5.16. The molecule has 0 radical (unpaired) electrons. The standard InChI is InChI=1S/C16H14N2OS2/c1-19-13-5-7-14(8-6-13)20-10-12-11-21-16(18-12)15-4-2-3-9-17-15/h2-9,11H,10H2,1H3. The molecule has 0 spiro atoms. The molecule has 0 saturated carbocycles. The average Bonchev–Trinajstić information content (AvgIpc) is 3.03. The summed E-state index contributed by atoms with van der Waals surface area (Å²) in [7, 11) is 1.68. The number of methoxy groups -OCH3 is 1. The summed E-state index contributed by atoms with van der Waals surface area (Å²) in [6.45, 7) is 0. The number of benzene rings is 1. The Kier molecular flexibility index (Phi) is 4.52. The van der Waals surface area contributed by atoms with E-state index in [1.165, 1.54) is 4.90 Å². The third kappa shape index (κ3) is 3.62. The lowest BCUT2D eigenvalue weighted by molar-refractivity contribution is 0.414. The van der Waals surface area contributed by atoms with Crippen LogP contribution in [0, 0.1) is 0 Å². The molecule has 3 rings (SSSR count). The molecule has 3 aromatic rings. The number of ether oxygens (including phenoxy) is 1. The van der Waals surface area contributed by atoms with Crippen molar-refractivity contribution < 1.29 is 4.74 Å². The highest BCUT2D eigenvalue weighted by Crippen LogP contribution is 2.27. The highest BCUT2D eigenvalue weighted by atomic mass is 32.2. The largest absolute Gasteiger partial charge is 0.497 e. The molecule has 0 aliphatic rings. The second kappa shape index (κ2) is 6.74. The van der Waals surface area contributed by atoms with Gasteiger partial charge in [-0.1, -0.05) is 6.07 Å². The lowest BCUT2D eigenvalue weighted by Gasteiger charge is -2.02. The van der Waals surface area contributed by atoms with E-state index in [0.717, 1.165) is 27.9 Å². The van der Waals surface area contributed by atoms with Gasteiger partial charge in [-0.3, -0.25) is 4.98 Å². The molecule has 0 aliphatic heterocycles. The van der Waals surface area contributed by atoms with Gasteiger partial charge >= 0.3 is 0 Å². The van der Waals surface area contributed by atoms with Crippen molar-refractivity contribution >= 4 is 23.1 Å². The molecule has 5 heteroatoms. The Hall–Kier alpha value is -1.85. The van der Waals surface area contributed by atoms with Crippen LogP contribution < -0.4 is 4.74 Å². The Morgan fingerprint density at radius 1 is 1.14 bits per heavy atom. The van der Waals surface area contributed by atoms with E-state index in [1.807, 2.05) is 30.3 Å². The van der Waals surface area contributed by atoms with E-state index in [9.17, 15) is 0 Å². The topological polar surface area (TPSA) is 35.0 Å². The number of pyridine rings is 1. The quantitative estimate of drug-likeness (QED) is 0.649. The molecule has 0 unspecified atom stereocenters. The van der Waals surface area contributed by atoms with Crippen molar-refractivity contribution in [2.75, 3.05) is 7.11 Å². The molecule has 3 nitrogen and oxygen atoms in total. The van der Waals surface area contributed by atoms with Gasteiger partial charge in [0.25, 0.3) is 0 Å². The van der Waals surface area contributed by atoms with E-state index in [1.54, 1.807) is 36.4 Å². The third-order valence-electron chi connectivity index (χ3n) is 2.88. The number of aromatic nitrogens is 2. The number of rotatable bonds is 5. The summed E-state index contributed by atoms with van der Waals surface area (Å²) in [6, 6.07) is 14.0. The summed E-state index contributed by atoms with van der Waals surface area (Å²) in [5.41, 5.74) is 2.02. The van der Waals surface area contributed by atoms with E-state index in [0.29, 0.717) is 0 Å². The molecule has 0 amide bonds. The Morgan fingerprint density at radius 2 is 2.00 bits per heavy atom. The van der Waals surface area contributed by atoms with E-state index < -0.39 is 0 Å². The summed E-state index contributed by atoms with van der Waals surface area (Å²) < 4.78 is 5.16. The summed E-state index contributed by atoms with van der Waals surface area (Å²) in [5, 5.41) is 3.07. The number of thiazole rings is 1. The van der Waals surface area contributed by atoms with Crippen LogP contribution in [0.3, 0.4) is 0 Å². The Balaban J connectivity index is 1.64. The molecule has 106 valence electrons. The Morgan fingerprint density at radius 3 is 2.71 bits per heavy atom. The van der Waals surface area contributed by atoms with Gasteiger partial charge in [0.2, 0.25) is 0 Å². The number of nitrogens with zero attached hydrogens (tertiary/aromatic N) is 2. The summed E-state index contributed by atoms with van der Waals surface area (Å²) in [6.07, 6.45) is 1.79. The van der Waals surface area contributed by atoms with E-state index in [-0.39, 0.29) is 0 Å². The van der Waals surface area contributed by atoms with Crippen molar-refractivity contribution in [1.82, 2.24) is 9.97 Å². The normalized spacial score (nSPS) is 10.5. The first-order valence-corrected chi connectivity index (χ1v) is 8.34. The highest BCUT2D eigenvalue weighted by molar-refractivity contribution is 7.98. The molecule has 1 aromatic carbocycles. The van der Waals surface area contributed by atoms with Crippen LogP contribution in [0.25, 0.3) is 10.7 Å². The molecule has 0 atom stereocenters. The molecule has 0 saturated heterocycles. The lowest BCUT2D eigenvalue weighted by atomic mass is 10.3. The fourth-order valence-electron chi connectivity index (χ4n) is 1.81. The molecule has 2 heterocycles. The smallest absolute Gasteiger partial charge is 0.142 e. The minimum absolute atomic E-state index is 0.857.